The van der Waals surface area contributed by atoms with E-state index < -0.39 is 0 Å². The van der Waals surface area contributed by atoms with Crippen LogP contribution in [0.5, 0.6) is 5.75 Å². The van der Waals surface area contributed by atoms with E-state index in [4.69, 9.17) is 10.5 Å². The highest BCUT2D eigenvalue weighted by Crippen LogP contribution is 2.17. The predicted octanol–water partition coefficient (Wildman–Crippen LogP) is 1.15. The van der Waals surface area contributed by atoms with Gasteiger partial charge in [-0.05, 0) is 25.0 Å². The van der Waals surface area contributed by atoms with Crippen molar-refractivity contribution in [1.82, 2.24) is 4.90 Å². The van der Waals surface area contributed by atoms with Crippen molar-refractivity contribution < 1.29 is 13.9 Å². The highest BCUT2D eigenvalue weighted by molar-refractivity contribution is 5.78. The van der Waals surface area contributed by atoms with Crippen LogP contribution in [-0.2, 0) is 4.79 Å². The van der Waals surface area contributed by atoms with Crippen LogP contribution in [0.15, 0.2) is 24.3 Å². The molecule has 1 aromatic carbocycles. The smallest absolute Gasteiger partial charge is 0.260 e. The molecule has 1 aliphatic heterocycles. The minimum absolute atomic E-state index is 0.0695. The van der Waals surface area contributed by atoms with E-state index in [9.17, 15) is 9.18 Å². The van der Waals surface area contributed by atoms with Crippen LogP contribution in [-0.4, -0.2) is 36.5 Å². The molecule has 0 saturated carbocycles. The molecule has 0 radical (unpaired) electrons. The van der Waals surface area contributed by atoms with Crippen LogP contribution in [0.2, 0.25) is 0 Å². The van der Waals surface area contributed by atoms with Crippen molar-refractivity contribution in [3.05, 3.63) is 30.1 Å². The molecule has 0 aliphatic carbocycles. The average molecular weight is 252 g/mol. The van der Waals surface area contributed by atoms with Gasteiger partial charge in [0.25, 0.3) is 5.91 Å². The fourth-order valence-corrected chi connectivity index (χ4v) is 2.19. The lowest BCUT2D eigenvalue weighted by molar-refractivity contribution is -0.134. The van der Waals surface area contributed by atoms with Crippen molar-refractivity contribution in [3.63, 3.8) is 0 Å². The van der Waals surface area contributed by atoms with Crippen LogP contribution in [0.25, 0.3) is 0 Å². The highest BCUT2D eigenvalue weighted by Gasteiger charge is 2.27. The van der Waals surface area contributed by atoms with E-state index in [0.717, 1.165) is 19.4 Å². The maximum absolute atomic E-state index is 12.9. The molecule has 1 amide bonds. The summed E-state index contributed by atoms with van der Waals surface area (Å²) < 4.78 is 18.2. The maximum atomic E-state index is 12.9. The fourth-order valence-electron chi connectivity index (χ4n) is 2.19. The summed E-state index contributed by atoms with van der Waals surface area (Å²) >= 11 is 0. The Morgan fingerprint density at radius 1 is 1.56 bits per heavy atom. The molecule has 0 aromatic heterocycles. The van der Waals surface area contributed by atoms with E-state index in [1.165, 1.54) is 12.1 Å². The van der Waals surface area contributed by atoms with E-state index >= 15 is 0 Å². The standard InChI is InChI=1S/C13H17FN2O2/c14-10-3-1-5-12(7-10)18-9-13(17)16-6-2-4-11(16)8-15/h1,3,5,7,11H,2,4,6,8-9,15H2/t11-/m0/s1. The van der Waals surface area contributed by atoms with Gasteiger partial charge in [-0.3, -0.25) is 4.79 Å². The first-order valence-electron chi connectivity index (χ1n) is 6.08. The van der Waals surface area contributed by atoms with E-state index in [0.29, 0.717) is 12.3 Å². The molecule has 0 unspecified atom stereocenters. The van der Waals surface area contributed by atoms with E-state index in [1.54, 1.807) is 17.0 Å². The second-order valence-electron chi connectivity index (χ2n) is 4.36. The lowest BCUT2D eigenvalue weighted by Gasteiger charge is -2.23. The molecule has 5 heteroatoms. The van der Waals surface area contributed by atoms with Gasteiger partial charge in [-0.2, -0.15) is 0 Å². The number of carbonyl (C=O) groups excluding carboxylic acids is 1. The van der Waals surface area contributed by atoms with Crippen LogP contribution < -0.4 is 10.5 Å². The second kappa shape index (κ2) is 5.82. The van der Waals surface area contributed by atoms with Crippen molar-refractivity contribution in [2.75, 3.05) is 19.7 Å². The summed E-state index contributed by atoms with van der Waals surface area (Å²) in [5.74, 6) is -0.0972. The second-order valence-corrected chi connectivity index (χ2v) is 4.36. The third-order valence-corrected chi connectivity index (χ3v) is 3.13. The van der Waals surface area contributed by atoms with E-state index in [-0.39, 0.29) is 24.4 Å². The maximum Gasteiger partial charge on any atom is 0.260 e. The Morgan fingerprint density at radius 3 is 3.11 bits per heavy atom. The number of rotatable bonds is 4. The van der Waals surface area contributed by atoms with Gasteiger partial charge in [0.15, 0.2) is 6.61 Å². The molecule has 4 nitrogen and oxygen atoms in total. The third-order valence-electron chi connectivity index (χ3n) is 3.13. The molecular formula is C13H17FN2O2. The Bertz CT molecular complexity index is 425. The van der Waals surface area contributed by atoms with Crippen molar-refractivity contribution in [1.29, 1.82) is 0 Å². The third kappa shape index (κ3) is 2.98. The molecule has 18 heavy (non-hydrogen) atoms. The zero-order valence-corrected chi connectivity index (χ0v) is 10.1. The van der Waals surface area contributed by atoms with Crippen molar-refractivity contribution in [2.45, 2.75) is 18.9 Å². The minimum Gasteiger partial charge on any atom is -0.484 e. The lowest BCUT2D eigenvalue weighted by atomic mass is 10.2. The predicted molar refractivity (Wildman–Crippen MR) is 65.7 cm³/mol. The Labute approximate surface area is 106 Å². The number of carbonyl (C=O) groups is 1. The van der Waals surface area contributed by atoms with Crippen molar-refractivity contribution >= 4 is 5.91 Å². The summed E-state index contributed by atoms with van der Waals surface area (Å²) in [6.45, 7) is 1.14. The van der Waals surface area contributed by atoms with Gasteiger partial charge < -0.3 is 15.4 Å². The van der Waals surface area contributed by atoms with Crippen LogP contribution in [0.4, 0.5) is 4.39 Å². The number of ether oxygens (including phenoxy) is 1. The Hall–Kier alpha value is -1.62. The molecule has 1 heterocycles. The topological polar surface area (TPSA) is 55.6 Å². The molecule has 0 spiro atoms. The van der Waals surface area contributed by atoms with Crippen LogP contribution in [0.3, 0.4) is 0 Å². The van der Waals surface area contributed by atoms with E-state index in [2.05, 4.69) is 0 Å². The SMILES string of the molecule is NC[C@@H]1CCCN1C(=O)COc1cccc(F)c1. The average Bonchev–Trinajstić information content (AvgIpc) is 2.84. The van der Waals surface area contributed by atoms with Gasteiger partial charge in [0.1, 0.15) is 11.6 Å². The van der Waals surface area contributed by atoms with Crippen LogP contribution in [0.1, 0.15) is 12.8 Å². The number of benzene rings is 1. The molecule has 1 atom stereocenters. The monoisotopic (exact) mass is 252 g/mol. The Balaban J connectivity index is 1.88. The van der Waals surface area contributed by atoms with Gasteiger partial charge >= 0.3 is 0 Å². The molecular weight excluding hydrogens is 235 g/mol. The first-order valence-corrected chi connectivity index (χ1v) is 6.08. The van der Waals surface area contributed by atoms with Crippen molar-refractivity contribution in [3.8, 4) is 5.75 Å². The first kappa shape index (κ1) is 12.8. The van der Waals surface area contributed by atoms with Gasteiger partial charge in [-0.25, -0.2) is 4.39 Å². The Kier molecular flexibility index (Phi) is 4.15. The summed E-state index contributed by atoms with van der Waals surface area (Å²) in [6, 6.07) is 5.89. The highest BCUT2D eigenvalue weighted by atomic mass is 19.1. The minimum atomic E-state index is -0.374. The summed E-state index contributed by atoms with van der Waals surface area (Å²) in [6.07, 6.45) is 1.93. The molecule has 2 rings (SSSR count). The number of nitrogens with two attached hydrogens (primary N) is 1. The zero-order valence-electron chi connectivity index (χ0n) is 10.1. The first-order chi connectivity index (χ1) is 8.70. The van der Waals surface area contributed by atoms with Gasteiger partial charge in [0.2, 0.25) is 0 Å². The summed E-state index contributed by atoms with van der Waals surface area (Å²) in [7, 11) is 0. The van der Waals surface area contributed by atoms with Gasteiger partial charge in [0, 0.05) is 25.2 Å². The van der Waals surface area contributed by atoms with Gasteiger partial charge in [-0.1, -0.05) is 6.07 Å². The number of nitrogens with zero attached hydrogens (tertiary/aromatic N) is 1. The van der Waals surface area contributed by atoms with E-state index in [1.807, 2.05) is 0 Å². The molecule has 1 fully saturated rings. The summed E-state index contributed by atoms with van der Waals surface area (Å²) in [4.78, 5) is 13.7. The molecule has 2 N–H and O–H groups in total. The quantitative estimate of drug-likeness (QED) is 0.874. The zero-order chi connectivity index (χ0) is 13.0. The molecule has 98 valence electrons. The van der Waals surface area contributed by atoms with Crippen molar-refractivity contribution in [2.24, 2.45) is 5.73 Å². The fraction of sp³-hybridized carbons (Fsp3) is 0.462. The lowest BCUT2D eigenvalue weighted by Crippen LogP contribution is -2.42. The largest absolute Gasteiger partial charge is 0.484 e. The number of hydrogen-bond donors (Lipinski definition) is 1. The van der Waals surface area contributed by atoms with Gasteiger partial charge in [-0.15, -0.1) is 0 Å². The number of hydrogen-bond acceptors (Lipinski definition) is 3. The molecule has 0 bridgehead atoms. The Morgan fingerprint density at radius 2 is 2.39 bits per heavy atom. The summed E-state index contributed by atoms with van der Waals surface area (Å²) in [5, 5.41) is 0. The molecule has 1 aromatic rings. The van der Waals surface area contributed by atoms with Gasteiger partial charge in [0.05, 0.1) is 0 Å². The number of amides is 1. The van der Waals surface area contributed by atoms with Crippen LogP contribution >= 0.6 is 0 Å². The molecule has 1 saturated heterocycles. The van der Waals surface area contributed by atoms with Crippen LogP contribution in [0, 0.1) is 5.82 Å². The summed E-state index contributed by atoms with van der Waals surface area (Å²) in [5.41, 5.74) is 5.60. The normalized spacial score (nSPS) is 19.0. The number of likely N-dealkylation sites (tertiary alicyclic amines) is 1. The number of halogens is 1. The molecule has 1 aliphatic rings.